The van der Waals surface area contributed by atoms with E-state index >= 15 is 0 Å². The van der Waals surface area contributed by atoms with Gasteiger partial charge in [-0.2, -0.15) is 13.2 Å². The van der Waals surface area contributed by atoms with Crippen molar-refractivity contribution in [3.63, 3.8) is 0 Å². The quantitative estimate of drug-likeness (QED) is 0.341. The Morgan fingerprint density at radius 2 is 1.96 bits per heavy atom. The molecule has 1 saturated heterocycles. The highest BCUT2D eigenvalue weighted by molar-refractivity contribution is 5.90. The first-order valence-corrected chi connectivity index (χ1v) is 9.49. The Balaban J connectivity index is 2.01. The fourth-order valence-electron chi connectivity index (χ4n) is 3.31. The molecule has 1 heterocycles. The van der Waals surface area contributed by atoms with Gasteiger partial charge in [0.05, 0.1) is 23.8 Å². The van der Waals surface area contributed by atoms with Crippen molar-refractivity contribution in [1.82, 2.24) is 0 Å². The molecule has 0 amide bonds. The first kappa shape index (κ1) is 21.7. The molecule has 3 nitrogen and oxygen atoms in total. The summed E-state index contributed by atoms with van der Waals surface area (Å²) < 4.78 is 64.7. The number of unbranched alkanes of at least 4 members (excludes halogenated alkanes) is 2. The van der Waals surface area contributed by atoms with Crippen molar-refractivity contribution in [1.29, 1.82) is 0 Å². The molecule has 1 aliphatic rings. The number of halogens is 4. The smallest absolute Gasteiger partial charge is 0.419 e. The van der Waals surface area contributed by atoms with Crippen molar-refractivity contribution in [3.05, 3.63) is 34.6 Å². The van der Waals surface area contributed by atoms with Crippen LogP contribution in [0, 0.1) is 5.82 Å². The molecule has 0 spiro atoms. The first-order valence-electron chi connectivity index (χ1n) is 9.49. The van der Waals surface area contributed by atoms with E-state index in [-0.39, 0.29) is 24.7 Å². The highest BCUT2D eigenvalue weighted by Crippen LogP contribution is 2.36. The van der Waals surface area contributed by atoms with E-state index in [9.17, 15) is 22.4 Å². The van der Waals surface area contributed by atoms with E-state index in [2.05, 4.69) is 6.92 Å². The van der Waals surface area contributed by atoms with E-state index in [0.29, 0.717) is 12.8 Å². The predicted molar refractivity (Wildman–Crippen MR) is 93.1 cm³/mol. The second kappa shape index (κ2) is 9.53. The van der Waals surface area contributed by atoms with Gasteiger partial charge in [-0.3, -0.25) is 0 Å². The minimum atomic E-state index is -4.87. The van der Waals surface area contributed by atoms with E-state index in [1.807, 2.05) is 0 Å². The predicted octanol–water partition coefficient (Wildman–Crippen LogP) is 5.69. The molecule has 1 aromatic carbocycles. The van der Waals surface area contributed by atoms with Gasteiger partial charge >= 0.3 is 12.1 Å². The third-order valence-electron chi connectivity index (χ3n) is 4.84. The zero-order valence-corrected chi connectivity index (χ0v) is 15.7. The van der Waals surface area contributed by atoms with Crippen molar-refractivity contribution in [2.45, 2.75) is 77.2 Å². The van der Waals surface area contributed by atoms with E-state index in [1.165, 1.54) is 6.92 Å². The van der Waals surface area contributed by atoms with Crippen LogP contribution in [0.2, 0.25) is 0 Å². The monoisotopic (exact) mass is 390 g/mol. The Hall–Kier alpha value is -1.63. The lowest BCUT2D eigenvalue weighted by molar-refractivity contribution is -0.140. The summed E-state index contributed by atoms with van der Waals surface area (Å²) in [5.41, 5.74) is -2.27. The number of ether oxygens (including phenoxy) is 2. The number of alkyl halides is 3. The maximum atomic E-state index is 14.4. The Bertz CT molecular complexity index is 635. The van der Waals surface area contributed by atoms with Gasteiger partial charge in [0.1, 0.15) is 11.9 Å². The van der Waals surface area contributed by atoms with Gasteiger partial charge in [0.15, 0.2) is 0 Å². The van der Waals surface area contributed by atoms with Crippen LogP contribution in [0.15, 0.2) is 12.1 Å². The highest BCUT2D eigenvalue weighted by atomic mass is 19.4. The summed E-state index contributed by atoms with van der Waals surface area (Å²) in [6.07, 6.45) is 0.223. The number of carbonyl (C=O) groups excluding carboxylic acids is 1. The Labute approximate surface area is 157 Å². The van der Waals surface area contributed by atoms with Crippen molar-refractivity contribution >= 4 is 5.97 Å². The van der Waals surface area contributed by atoms with E-state index < -0.39 is 35.2 Å². The normalized spacial score (nSPS) is 20.5. The molecule has 0 aliphatic carbocycles. The molecule has 0 aromatic heterocycles. The summed E-state index contributed by atoms with van der Waals surface area (Å²) in [6, 6.07) is 2.19. The molecule has 2 rings (SSSR count). The minimum Gasteiger partial charge on any atom is -0.456 e. The molecule has 152 valence electrons. The van der Waals surface area contributed by atoms with Crippen LogP contribution in [0.3, 0.4) is 0 Å². The molecule has 0 radical (unpaired) electrons. The van der Waals surface area contributed by atoms with Crippen LogP contribution in [-0.4, -0.2) is 24.8 Å². The van der Waals surface area contributed by atoms with Gasteiger partial charge in [-0.15, -0.1) is 0 Å². The van der Waals surface area contributed by atoms with Crippen LogP contribution in [0.25, 0.3) is 0 Å². The van der Waals surface area contributed by atoms with Crippen LogP contribution in [0.1, 0.15) is 73.9 Å². The number of esters is 1. The Morgan fingerprint density at radius 1 is 1.22 bits per heavy atom. The Morgan fingerprint density at radius 3 is 2.52 bits per heavy atom. The van der Waals surface area contributed by atoms with Crippen molar-refractivity contribution in [3.8, 4) is 0 Å². The van der Waals surface area contributed by atoms with Crippen LogP contribution < -0.4 is 0 Å². The highest BCUT2D eigenvalue weighted by Gasteiger charge is 2.39. The molecular formula is C20H26F4O3. The lowest BCUT2D eigenvalue weighted by Crippen LogP contribution is -2.33. The van der Waals surface area contributed by atoms with Crippen molar-refractivity contribution < 1.29 is 31.8 Å². The number of benzene rings is 1. The third-order valence-corrected chi connectivity index (χ3v) is 4.84. The number of rotatable bonds is 7. The minimum absolute atomic E-state index is 0.0109. The SMILES string of the molecule is CCCCCC1CCC(OC(=O)c2ccc(CC)c(C(F)(F)F)c2F)CO1. The fourth-order valence-corrected chi connectivity index (χ4v) is 3.31. The van der Waals surface area contributed by atoms with Crippen LogP contribution >= 0.6 is 0 Å². The zero-order chi connectivity index (χ0) is 20.0. The van der Waals surface area contributed by atoms with E-state index in [0.717, 1.165) is 37.8 Å². The standard InChI is InChI=1S/C20H26F4O3/c1-3-5-6-7-14-9-10-15(12-26-14)27-19(25)16-11-8-13(4-2)17(18(16)21)20(22,23)24/h8,11,14-15H,3-7,9-10,12H2,1-2H3. The summed E-state index contributed by atoms with van der Waals surface area (Å²) in [5, 5.41) is 0. The lowest BCUT2D eigenvalue weighted by atomic mass is 10.00. The van der Waals surface area contributed by atoms with Gasteiger partial charge in [-0.25, -0.2) is 9.18 Å². The number of aryl methyl sites for hydroxylation is 1. The maximum absolute atomic E-state index is 14.4. The van der Waals surface area contributed by atoms with Gasteiger partial charge in [-0.05, 0) is 37.3 Å². The lowest BCUT2D eigenvalue weighted by Gasteiger charge is -2.29. The van der Waals surface area contributed by atoms with Gasteiger partial charge in [-0.1, -0.05) is 39.2 Å². The molecule has 0 bridgehead atoms. The van der Waals surface area contributed by atoms with Crippen LogP contribution in [0.5, 0.6) is 0 Å². The maximum Gasteiger partial charge on any atom is 0.419 e. The third kappa shape index (κ3) is 5.67. The summed E-state index contributed by atoms with van der Waals surface area (Å²) in [5.74, 6) is -2.65. The van der Waals surface area contributed by atoms with Crippen molar-refractivity contribution in [2.24, 2.45) is 0 Å². The van der Waals surface area contributed by atoms with Gasteiger partial charge in [0.2, 0.25) is 0 Å². The molecule has 0 N–H and O–H groups in total. The molecule has 7 heteroatoms. The Kier molecular flexibility index (Phi) is 7.65. The fraction of sp³-hybridized carbons (Fsp3) is 0.650. The van der Waals surface area contributed by atoms with Crippen LogP contribution in [0.4, 0.5) is 17.6 Å². The second-order valence-corrected chi connectivity index (χ2v) is 6.87. The topological polar surface area (TPSA) is 35.5 Å². The molecule has 1 aromatic rings. The number of hydrogen-bond donors (Lipinski definition) is 0. The second-order valence-electron chi connectivity index (χ2n) is 6.87. The first-order chi connectivity index (χ1) is 12.8. The number of hydrogen-bond acceptors (Lipinski definition) is 3. The average molecular weight is 390 g/mol. The van der Waals surface area contributed by atoms with Gasteiger partial charge < -0.3 is 9.47 Å². The van der Waals surface area contributed by atoms with Crippen LogP contribution in [-0.2, 0) is 22.1 Å². The van der Waals surface area contributed by atoms with Gasteiger partial charge in [0, 0.05) is 0 Å². The average Bonchev–Trinajstić information content (AvgIpc) is 2.61. The largest absolute Gasteiger partial charge is 0.456 e. The molecule has 1 aliphatic heterocycles. The summed E-state index contributed by atoms with van der Waals surface area (Å²) in [7, 11) is 0. The van der Waals surface area contributed by atoms with Gasteiger partial charge in [0.25, 0.3) is 0 Å². The summed E-state index contributed by atoms with van der Waals surface area (Å²) in [6.45, 7) is 3.80. The molecule has 27 heavy (non-hydrogen) atoms. The summed E-state index contributed by atoms with van der Waals surface area (Å²) >= 11 is 0. The zero-order valence-electron chi connectivity index (χ0n) is 15.7. The summed E-state index contributed by atoms with van der Waals surface area (Å²) in [4.78, 5) is 12.2. The van der Waals surface area contributed by atoms with E-state index in [1.54, 1.807) is 0 Å². The number of carbonyl (C=O) groups is 1. The van der Waals surface area contributed by atoms with E-state index in [4.69, 9.17) is 9.47 Å². The molecule has 2 atom stereocenters. The molecular weight excluding hydrogens is 364 g/mol. The van der Waals surface area contributed by atoms with Crippen molar-refractivity contribution in [2.75, 3.05) is 6.61 Å². The molecule has 2 unspecified atom stereocenters. The molecule has 1 fully saturated rings. The molecule has 0 saturated carbocycles.